The Bertz CT molecular complexity index is 179. The quantitative estimate of drug-likeness (QED) is 0.264. The fourth-order valence-electron chi connectivity index (χ4n) is 1.60. The Morgan fingerprint density at radius 1 is 1.67 bits per heavy atom. The van der Waals surface area contributed by atoms with Gasteiger partial charge < -0.3 is 15.8 Å². The smallest absolute Gasteiger partial charge is 0.233 e. The van der Waals surface area contributed by atoms with Crippen LogP contribution < -0.4 is 5.73 Å². The highest BCUT2D eigenvalue weighted by Gasteiger charge is 2.25. The first kappa shape index (κ1) is 9.16. The SMILES string of the molecule is CC(C)C1CCN(C(N)=NO)C1. The molecule has 1 aliphatic heterocycles. The molecule has 0 saturated carbocycles. The molecule has 0 spiro atoms. The Hall–Kier alpha value is -0.930. The molecule has 3 N–H and O–H groups in total. The van der Waals surface area contributed by atoms with Gasteiger partial charge in [-0.25, -0.2) is 0 Å². The second-order valence-corrected chi connectivity index (χ2v) is 3.70. The largest absolute Gasteiger partial charge is 0.408 e. The van der Waals surface area contributed by atoms with Gasteiger partial charge in [-0.3, -0.25) is 0 Å². The molecule has 0 amide bonds. The molecule has 1 saturated heterocycles. The van der Waals surface area contributed by atoms with Gasteiger partial charge in [-0.05, 0) is 18.3 Å². The van der Waals surface area contributed by atoms with Gasteiger partial charge in [0.1, 0.15) is 0 Å². The first-order valence-corrected chi connectivity index (χ1v) is 4.37. The van der Waals surface area contributed by atoms with Crippen molar-refractivity contribution >= 4 is 5.96 Å². The zero-order valence-electron chi connectivity index (χ0n) is 7.70. The Morgan fingerprint density at radius 2 is 2.33 bits per heavy atom. The van der Waals surface area contributed by atoms with E-state index in [2.05, 4.69) is 19.0 Å². The van der Waals surface area contributed by atoms with Crippen molar-refractivity contribution in [1.82, 2.24) is 4.90 Å². The molecule has 4 heteroatoms. The standard InChI is InChI=1S/C8H17N3O/c1-6(2)7-3-4-11(5-7)8(9)10-12/h6-7,12H,3-5H2,1-2H3,(H2,9,10). The number of oxime groups is 1. The molecule has 1 atom stereocenters. The minimum Gasteiger partial charge on any atom is -0.408 e. The van der Waals surface area contributed by atoms with Gasteiger partial charge in [-0.15, -0.1) is 0 Å². The van der Waals surface area contributed by atoms with Gasteiger partial charge in [0.2, 0.25) is 5.96 Å². The Balaban J connectivity index is 2.46. The summed E-state index contributed by atoms with van der Waals surface area (Å²) in [6.45, 7) is 6.26. The van der Waals surface area contributed by atoms with E-state index in [0.717, 1.165) is 19.5 Å². The summed E-state index contributed by atoms with van der Waals surface area (Å²) in [7, 11) is 0. The molecule has 1 aliphatic rings. The molecule has 0 aromatic rings. The van der Waals surface area contributed by atoms with Crippen LogP contribution in [0.5, 0.6) is 0 Å². The van der Waals surface area contributed by atoms with Crippen molar-refractivity contribution < 1.29 is 5.21 Å². The molecule has 12 heavy (non-hydrogen) atoms. The van der Waals surface area contributed by atoms with Crippen molar-refractivity contribution in [2.45, 2.75) is 20.3 Å². The summed E-state index contributed by atoms with van der Waals surface area (Å²) in [5.41, 5.74) is 5.47. The number of hydrogen-bond donors (Lipinski definition) is 2. The van der Waals surface area contributed by atoms with E-state index in [1.807, 2.05) is 4.90 Å². The molecule has 0 aromatic carbocycles. The predicted octanol–water partition coefficient (Wildman–Crippen LogP) is 0.668. The van der Waals surface area contributed by atoms with Crippen LogP contribution in [0, 0.1) is 11.8 Å². The highest BCUT2D eigenvalue weighted by atomic mass is 16.4. The van der Waals surface area contributed by atoms with Crippen LogP contribution >= 0.6 is 0 Å². The monoisotopic (exact) mass is 171 g/mol. The van der Waals surface area contributed by atoms with E-state index in [9.17, 15) is 0 Å². The lowest BCUT2D eigenvalue weighted by Crippen LogP contribution is -2.35. The van der Waals surface area contributed by atoms with E-state index in [1.165, 1.54) is 0 Å². The first-order chi connectivity index (χ1) is 5.65. The lowest BCUT2D eigenvalue weighted by Gasteiger charge is -2.17. The van der Waals surface area contributed by atoms with Crippen molar-refractivity contribution in [3.05, 3.63) is 0 Å². The highest BCUT2D eigenvalue weighted by molar-refractivity contribution is 5.77. The molecule has 1 heterocycles. The van der Waals surface area contributed by atoms with Crippen LogP contribution in [0.25, 0.3) is 0 Å². The Kier molecular flexibility index (Phi) is 2.78. The zero-order chi connectivity index (χ0) is 9.14. The van der Waals surface area contributed by atoms with Crippen LogP contribution in [0.2, 0.25) is 0 Å². The molecular formula is C8H17N3O. The van der Waals surface area contributed by atoms with Crippen LogP contribution in [-0.2, 0) is 0 Å². The van der Waals surface area contributed by atoms with Crippen LogP contribution in [-0.4, -0.2) is 29.2 Å². The molecule has 0 bridgehead atoms. The van der Waals surface area contributed by atoms with Crippen LogP contribution in [0.4, 0.5) is 0 Å². The number of rotatable bonds is 1. The summed E-state index contributed by atoms with van der Waals surface area (Å²) < 4.78 is 0. The summed E-state index contributed by atoms with van der Waals surface area (Å²) in [5.74, 6) is 1.62. The maximum atomic E-state index is 8.44. The van der Waals surface area contributed by atoms with Gasteiger partial charge in [-0.1, -0.05) is 19.0 Å². The summed E-state index contributed by atoms with van der Waals surface area (Å²) in [5, 5.41) is 11.4. The predicted molar refractivity (Wildman–Crippen MR) is 47.9 cm³/mol. The van der Waals surface area contributed by atoms with E-state index in [1.54, 1.807) is 0 Å². The number of nitrogens with zero attached hydrogens (tertiary/aromatic N) is 2. The van der Waals surface area contributed by atoms with Crippen molar-refractivity contribution in [3.63, 3.8) is 0 Å². The molecule has 1 rings (SSSR count). The van der Waals surface area contributed by atoms with E-state index in [4.69, 9.17) is 10.9 Å². The third-order valence-corrected chi connectivity index (χ3v) is 2.59. The molecule has 70 valence electrons. The third kappa shape index (κ3) is 1.81. The van der Waals surface area contributed by atoms with Gasteiger partial charge >= 0.3 is 0 Å². The van der Waals surface area contributed by atoms with Crippen LogP contribution in [0.1, 0.15) is 20.3 Å². The number of hydrogen-bond acceptors (Lipinski definition) is 2. The molecule has 1 fully saturated rings. The van der Waals surface area contributed by atoms with Gasteiger partial charge in [0.25, 0.3) is 0 Å². The minimum atomic E-state index is 0.248. The van der Waals surface area contributed by atoms with E-state index in [0.29, 0.717) is 11.8 Å². The summed E-state index contributed by atoms with van der Waals surface area (Å²) in [4.78, 5) is 1.92. The highest BCUT2D eigenvalue weighted by Crippen LogP contribution is 2.22. The summed E-state index contributed by atoms with van der Waals surface area (Å²) >= 11 is 0. The molecule has 4 nitrogen and oxygen atoms in total. The van der Waals surface area contributed by atoms with Gasteiger partial charge in [0.05, 0.1) is 0 Å². The maximum Gasteiger partial charge on any atom is 0.233 e. The molecule has 0 aliphatic carbocycles. The molecule has 0 aromatic heterocycles. The lowest BCUT2D eigenvalue weighted by molar-refractivity contribution is 0.301. The van der Waals surface area contributed by atoms with Crippen molar-refractivity contribution in [1.29, 1.82) is 0 Å². The number of guanidine groups is 1. The average Bonchev–Trinajstić information content (AvgIpc) is 2.51. The van der Waals surface area contributed by atoms with Gasteiger partial charge in [-0.2, -0.15) is 0 Å². The normalized spacial score (nSPS) is 25.4. The zero-order valence-corrected chi connectivity index (χ0v) is 7.70. The maximum absolute atomic E-state index is 8.44. The minimum absolute atomic E-state index is 0.248. The van der Waals surface area contributed by atoms with Gasteiger partial charge in [0.15, 0.2) is 0 Å². The second-order valence-electron chi connectivity index (χ2n) is 3.70. The van der Waals surface area contributed by atoms with Crippen molar-refractivity contribution in [3.8, 4) is 0 Å². The summed E-state index contributed by atoms with van der Waals surface area (Å²) in [6.07, 6.45) is 1.15. The molecular weight excluding hydrogens is 154 g/mol. The second kappa shape index (κ2) is 3.65. The molecule has 0 radical (unpaired) electrons. The summed E-state index contributed by atoms with van der Waals surface area (Å²) in [6, 6.07) is 0. The topological polar surface area (TPSA) is 61.8 Å². The van der Waals surface area contributed by atoms with E-state index in [-0.39, 0.29) is 5.96 Å². The van der Waals surface area contributed by atoms with Crippen molar-refractivity contribution in [2.24, 2.45) is 22.7 Å². The van der Waals surface area contributed by atoms with Crippen molar-refractivity contribution in [2.75, 3.05) is 13.1 Å². The fourth-order valence-corrected chi connectivity index (χ4v) is 1.60. The Morgan fingerprint density at radius 3 is 2.75 bits per heavy atom. The third-order valence-electron chi connectivity index (χ3n) is 2.59. The molecule has 1 unspecified atom stereocenters. The Labute approximate surface area is 73.0 Å². The number of nitrogens with two attached hydrogens (primary N) is 1. The van der Waals surface area contributed by atoms with Crippen LogP contribution in [0.3, 0.4) is 0 Å². The van der Waals surface area contributed by atoms with E-state index >= 15 is 0 Å². The number of likely N-dealkylation sites (tertiary alicyclic amines) is 1. The van der Waals surface area contributed by atoms with E-state index < -0.39 is 0 Å². The van der Waals surface area contributed by atoms with Crippen LogP contribution in [0.15, 0.2) is 5.16 Å². The fraction of sp³-hybridized carbons (Fsp3) is 0.875. The first-order valence-electron chi connectivity index (χ1n) is 4.37. The average molecular weight is 171 g/mol. The lowest BCUT2D eigenvalue weighted by atomic mass is 9.95. The van der Waals surface area contributed by atoms with Gasteiger partial charge in [0, 0.05) is 13.1 Å².